The quantitative estimate of drug-likeness (QED) is 0.772. The summed E-state index contributed by atoms with van der Waals surface area (Å²) in [7, 11) is 2.27. The molecule has 1 rings (SSSR count). The van der Waals surface area contributed by atoms with Crippen LogP contribution in [0.5, 0.6) is 0 Å². The maximum absolute atomic E-state index is 6.29. The van der Waals surface area contributed by atoms with Crippen LogP contribution in [0.3, 0.4) is 0 Å². The van der Waals surface area contributed by atoms with Crippen LogP contribution in [-0.4, -0.2) is 30.6 Å². The second-order valence-corrected chi connectivity index (χ2v) is 6.09. The zero-order chi connectivity index (χ0) is 12.8. The monoisotopic (exact) mass is 240 g/mol. The molecule has 17 heavy (non-hydrogen) atoms. The first-order valence-electron chi connectivity index (χ1n) is 7.54. The van der Waals surface area contributed by atoms with Crippen molar-refractivity contribution >= 4 is 0 Å². The van der Waals surface area contributed by atoms with Crippen molar-refractivity contribution in [1.29, 1.82) is 0 Å². The van der Waals surface area contributed by atoms with Gasteiger partial charge in [0, 0.05) is 18.6 Å². The first-order chi connectivity index (χ1) is 8.08. The van der Waals surface area contributed by atoms with E-state index in [1.807, 2.05) is 0 Å². The highest BCUT2D eigenvalue weighted by molar-refractivity contribution is 4.84. The first kappa shape index (κ1) is 15.0. The largest absolute Gasteiger partial charge is 0.327 e. The Morgan fingerprint density at radius 2 is 2.00 bits per heavy atom. The molecule has 2 nitrogen and oxygen atoms in total. The van der Waals surface area contributed by atoms with Crippen LogP contribution < -0.4 is 5.73 Å². The van der Waals surface area contributed by atoms with Crippen LogP contribution in [-0.2, 0) is 0 Å². The lowest BCUT2D eigenvalue weighted by atomic mass is 9.77. The third kappa shape index (κ3) is 4.59. The van der Waals surface area contributed by atoms with Crippen molar-refractivity contribution in [1.82, 2.24) is 4.90 Å². The van der Waals surface area contributed by atoms with Gasteiger partial charge in [0.2, 0.25) is 0 Å². The molecule has 0 radical (unpaired) electrons. The third-order valence-corrected chi connectivity index (χ3v) is 4.71. The summed E-state index contributed by atoms with van der Waals surface area (Å²) in [5.74, 6) is 1.65. The minimum atomic E-state index is 0.439. The predicted octanol–water partition coefficient (Wildman–Crippen LogP) is 3.26. The number of hydrogen-bond acceptors (Lipinski definition) is 2. The fourth-order valence-corrected chi connectivity index (χ4v) is 3.15. The SMILES string of the molecule is CCCC(C)N(C)CC1CC(CC)CCC1N. The van der Waals surface area contributed by atoms with Gasteiger partial charge in [0.05, 0.1) is 0 Å². The van der Waals surface area contributed by atoms with Gasteiger partial charge in [-0.15, -0.1) is 0 Å². The fraction of sp³-hybridized carbons (Fsp3) is 1.00. The Bertz CT molecular complexity index is 205. The van der Waals surface area contributed by atoms with E-state index in [0.29, 0.717) is 12.1 Å². The Kier molecular flexibility index (Phi) is 6.50. The van der Waals surface area contributed by atoms with Gasteiger partial charge < -0.3 is 10.6 Å². The van der Waals surface area contributed by atoms with E-state index in [2.05, 4.69) is 32.7 Å². The topological polar surface area (TPSA) is 29.3 Å². The van der Waals surface area contributed by atoms with Gasteiger partial charge in [-0.25, -0.2) is 0 Å². The van der Waals surface area contributed by atoms with E-state index in [9.17, 15) is 0 Å². The summed E-state index contributed by atoms with van der Waals surface area (Å²) in [6, 6.07) is 1.14. The van der Waals surface area contributed by atoms with Gasteiger partial charge in [-0.2, -0.15) is 0 Å². The minimum absolute atomic E-state index is 0.439. The first-order valence-corrected chi connectivity index (χ1v) is 7.54. The van der Waals surface area contributed by atoms with Crippen molar-refractivity contribution < 1.29 is 0 Å². The average molecular weight is 240 g/mol. The molecule has 0 heterocycles. The summed E-state index contributed by atoms with van der Waals surface area (Å²) in [4.78, 5) is 2.52. The molecule has 1 aliphatic carbocycles. The van der Waals surface area contributed by atoms with Gasteiger partial charge in [0.15, 0.2) is 0 Å². The van der Waals surface area contributed by atoms with Crippen molar-refractivity contribution in [3.8, 4) is 0 Å². The zero-order valence-corrected chi connectivity index (χ0v) is 12.3. The maximum Gasteiger partial charge on any atom is 0.00795 e. The smallest absolute Gasteiger partial charge is 0.00795 e. The van der Waals surface area contributed by atoms with Crippen molar-refractivity contribution in [3.63, 3.8) is 0 Å². The van der Waals surface area contributed by atoms with E-state index in [4.69, 9.17) is 5.73 Å². The summed E-state index contributed by atoms with van der Waals surface area (Å²) in [6.07, 6.45) is 7.84. The Hall–Kier alpha value is -0.0800. The number of rotatable bonds is 6. The van der Waals surface area contributed by atoms with Gasteiger partial charge in [0.25, 0.3) is 0 Å². The molecule has 0 aromatic carbocycles. The molecule has 0 aliphatic heterocycles. The van der Waals surface area contributed by atoms with Crippen LogP contribution in [0.4, 0.5) is 0 Å². The molecular weight excluding hydrogens is 208 g/mol. The highest BCUT2D eigenvalue weighted by atomic mass is 15.1. The molecule has 0 bridgehead atoms. The van der Waals surface area contributed by atoms with Gasteiger partial charge in [-0.1, -0.05) is 26.7 Å². The Morgan fingerprint density at radius 3 is 2.59 bits per heavy atom. The summed E-state index contributed by atoms with van der Waals surface area (Å²) >= 11 is 0. The molecule has 2 heteroatoms. The molecule has 2 N–H and O–H groups in total. The molecule has 1 fully saturated rings. The minimum Gasteiger partial charge on any atom is -0.327 e. The van der Waals surface area contributed by atoms with Crippen molar-refractivity contribution in [2.45, 2.75) is 71.4 Å². The lowest BCUT2D eigenvalue weighted by molar-refractivity contribution is 0.144. The van der Waals surface area contributed by atoms with Gasteiger partial charge in [0.1, 0.15) is 0 Å². The number of hydrogen-bond donors (Lipinski definition) is 1. The van der Waals surface area contributed by atoms with Gasteiger partial charge in [-0.3, -0.25) is 0 Å². The normalized spacial score (nSPS) is 31.8. The van der Waals surface area contributed by atoms with E-state index in [1.54, 1.807) is 0 Å². The van der Waals surface area contributed by atoms with Crippen LogP contribution in [0.2, 0.25) is 0 Å². The molecular formula is C15H32N2. The molecule has 0 aromatic heterocycles. The lowest BCUT2D eigenvalue weighted by Gasteiger charge is -2.37. The summed E-state index contributed by atoms with van der Waals surface area (Å²) < 4.78 is 0. The molecule has 0 saturated heterocycles. The summed E-state index contributed by atoms with van der Waals surface area (Å²) in [5, 5.41) is 0. The fourth-order valence-electron chi connectivity index (χ4n) is 3.15. The second kappa shape index (κ2) is 7.38. The third-order valence-electron chi connectivity index (χ3n) is 4.71. The second-order valence-electron chi connectivity index (χ2n) is 6.09. The maximum atomic E-state index is 6.29. The lowest BCUT2D eigenvalue weighted by Crippen LogP contribution is -2.44. The Labute approximate surface area is 108 Å². The number of nitrogens with zero attached hydrogens (tertiary/aromatic N) is 1. The summed E-state index contributed by atoms with van der Waals surface area (Å²) in [6.45, 7) is 8.12. The Morgan fingerprint density at radius 1 is 1.29 bits per heavy atom. The summed E-state index contributed by atoms with van der Waals surface area (Å²) in [5.41, 5.74) is 6.29. The zero-order valence-electron chi connectivity index (χ0n) is 12.3. The molecule has 1 aliphatic rings. The van der Waals surface area contributed by atoms with E-state index in [-0.39, 0.29) is 0 Å². The molecule has 102 valence electrons. The molecule has 4 atom stereocenters. The van der Waals surface area contributed by atoms with Gasteiger partial charge in [-0.05, 0) is 51.5 Å². The van der Waals surface area contributed by atoms with E-state index >= 15 is 0 Å². The van der Waals surface area contributed by atoms with E-state index < -0.39 is 0 Å². The highest BCUT2D eigenvalue weighted by Gasteiger charge is 2.28. The van der Waals surface area contributed by atoms with Crippen LogP contribution in [0.25, 0.3) is 0 Å². The standard InChI is InChI=1S/C15H32N2/c1-5-7-12(3)17(4)11-14-10-13(6-2)8-9-15(14)16/h12-15H,5-11,16H2,1-4H3. The average Bonchev–Trinajstić information content (AvgIpc) is 2.32. The van der Waals surface area contributed by atoms with Gasteiger partial charge >= 0.3 is 0 Å². The van der Waals surface area contributed by atoms with Crippen LogP contribution in [0, 0.1) is 11.8 Å². The number of nitrogens with two attached hydrogens (primary N) is 1. The molecule has 1 saturated carbocycles. The van der Waals surface area contributed by atoms with Crippen molar-refractivity contribution in [2.24, 2.45) is 17.6 Å². The van der Waals surface area contributed by atoms with Crippen molar-refractivity contribution in [2.75, 3.05) is 13.6 Å². The molecule has 0 amide bonds. The van der Waals surface area contributed by atoms with Crippen LogP contribution in [0.15, 0.2) is 0 Å². The highest BCUT2D eigenvalue weighted by Crippen LogP contribution is 2.31. The Balaban J connectivity index is 2.42. The molecule has 0 aromatic rings. The predicted molar refractivity (Wildman–Crippen MR) is 76.1 cm³/mol. The van der Waals surface area contributed by atoms with E-state index in [1.165, 1.54) is 45.1 Å². The molecule has 4 unspecified atom stereocenters. The van der Waals surface area contributed by atoms with E-state index in [0.717, 1.165) is 11.8 Å². The van der Waals surface area contributed by atoms with Crippen LogP contribution in [0.1, 0.15) is 59.3 Å². The van der Waals surface area contributed by atoms with Crippen molar-refractivity contribution in [3.05, 3.63) is 0 Å². The molecule has 0 spiro atoms. The van der Waals surface area contributed by atoms with Crippen LogP contribution >= 0.6 is 0 Å².